The first kappa shape index (κ1) is 16.5. The van der Waals surface area contributed by atoms with Gasteiger partial charge in [0, 0.05) is 18.8 Å². The van der Waals surface area contributed by atoms with Crippen molar-refractivity contribution in [2.24, 2.45) is 0 Å². The van der Waals surface area contributed by atoms with Crippen LogP contribution in [0.15, 0.2) is 35.1 Å². The molecule has 2 aromatic heterocycles. The minimum atomic E-state index is 0.131. The molecular weight excluding hydrogens is 334 g/mol. The second kappa shape index (κ2) is 7.09. The van der Waals surface area contributed by atoms with Crippen LogP contribution in [0.5, 0.6) is 0 Å². The third-order valence-corrected chi connectivity index (χ3v) is 4.38. The molecule has 1 fully saturated rings. The van der Waals surface area contributed by atoms with Gasteiger partial charge in [0.15, 0.2) is 0 Å². The normalized spacial score (nSPS) is 14.6. The fourth-order valence-corrected chi connectivity index (χ4v) is 2.96. The number of aryl methyl sites for hydroxylation is 1. The molecule has 0 aliphatic carbocycles. The lowest BCUT2D eigenvalue weighted by Crippen LogP contribution is -2.41. The molecule has 8 nitrogen and oxygen atoms in total. The van der Waals surface area contributed by atoms with Crippen molar-refractivity contribution in [3.63, 3.8) is 0 Å². The molecule has 0 spiro atoms. The van der Waals surface area contributed by atoms with Crippen molar-refractivity contribution in [1.82, 2.24) is 20.0 Å². The van der Waals surface area contributed by atoms with Gasteiger partial charge in [-0.15, -0.1) is 0 Å². The minimum Gasteiger partial charge on any atom is -0.378 e. The molecule has 3 heterocycles. The number of benzene rings is 1. The summed E-state index contributed by atoms with van der Waals surface area (Å²) in [5, 5.41) is 7.94. The van der Waals surface area contributed by atoms with Crippen molar-refractivity contribution < 1.29 is 14.1 Å². The first-order valence-electron chi connectivity index (χ1n) is 8.49. The summed E-state index contributed by atoms with van der Waals surface area (Å²) in [6.07, 6.45) is 1.83. The number of carbonyl (C=O) groups is 1. The zero-order valence-corrected chi connectivity index (χ0v) is 14.4. The van der Waals surface area contributed by atoms with Gasteiger partial charge >= 0.3 is 0 Å². The number of nitrogens with one attached hydrogen (secondary N) is 1. The first-order chi connectivity index (χ1) is 12.7. The molecule has 26 heavy (non-hydrogen) atoms. The molecule has 1 aromatic carbocycles. The van der Waals surface area contributed by atoms with Gasteiger partial charge in [-0.1, -0.05) is 17.3 Å². The van der Waals surface area contributed by atoms with E-state index < -0.39 is 0 Å². The molecule has 0 unspecified atom stereocenters. The predicted octanol–water partition coefficient (Wildman–Crippen LogP) is 2.07. The molecule has 4 rings (SSSR count). The van der Waals surface area contributed by atoms with Gasteiger partial charge in [-0.2, -0.15) is 4.98 Å². The molecule has 1 saturated heterocycles. The van der Waals surface area contributed by atoms with Gasteiger partial charge in [0.1, 0.15) is 17.5 Å². The Hall–Kier alpha value is -3.00. The molecule has 1 aliphatic heterocycles. The van der Waals surface area contributed by atoms with Gasteiger partial charge < -0.3 is 19.5 Å². The van der Waals surface area contributed by atoms with E-state index in [-0.39, 0.29) is 5.91 Å². The Morgan fingerprint density at radius 2 is 1.96 bits per heavy atom. The van der Waals surface area contributed by atoms with Crippen molar-refractivity contribution in [3.05, 3.63) is 41.9 Å². The van der Waals surface area contributed by atoms with Crippen LogP contribution in [0.3, 0.4) is 0 Å². The summed E-state index contributed by atoms with van der Waals surface area (Å²) in [7, 11) is 0. The molecule has 0 saturated carbocycles. The Bertz CT molecular complexity index is 916. The van der Waals surface area contributed by atoms with Crippen molar-refractivity contribution in [2.45, 2.75) is 13.3 Å². The van der Waals surface area contributed by atoms with E-state index in [1.54, 1.807) is 0 Å². The standard InChI is InChI=1S/C18H19N5O3/c1-12-16-17(19-11-20-18(16)26-22-12)21-14-4-2-13(3-5-14)10-15(24)23-6-8-25-9-7-23/h2-5,11H,6-10H2,1H3,(H,19,20,21). The van der Waals surface area contributed by atoms with Gasteiger partial charge in [-0.3, -0.25) is 4.79 Å². The van der Waals surface area contributed by atoms with Gasteiger partial charge in [-0.05, 0) is 24.6 Å². The summed E-state index contributed by atoms with van der Waals surface area (Å²) in [4.78, 5) is 22.5. The molecule has 134 valence electrons. The highest BCUT2D eigenvalue weighted by atomic mass is 16.5. The topological polar surface area (TPSA) is 93.4 Å². The van der Waals surface area contributed by atoms with E-state index in [0.717, 1.165) is 22.3 Å². The molecule has 1 amide bonds. The molecule has 0 bridgehead atoms. The van der Waals surface area contributed by atoms with Crippen molar-refractivity contribution in [1.29, 1.82) is 0 Å². The lowest BCUT2D eigenvalue weighted by atomic mass is 10.1. The highest BCUT2D eigenvalue weighted by molar-refractivity contribution is 5.89. The maximum absolute atomic E-state index is 12.3. The molecule has 3 aromatic rings. The summed E-state index contributed by atoms with van der Waals surface area (Å²) >= 11 is 0. The zero-order valence-electron chi connectivity index (χ0n) is 14.4. The van der Waals surface area contributed by atoms with Gasteiger partial charge in [0.25, 0.3) is 5.71 Å². The lowest BCUT2D eigenvalue weighted by molar-refractivity contribution is -0.134. The van der Waals surface area contributed by atoms with E-state index in [1.165, 1.54) is 6.33 Å². The van der Waals surface area contributed by atoms with Crippen LogP contribution in [0.4, 0.5) is 11.5 Å². The second-order valence-corrected chi connectivity index (χ2v) is 6.16. The summed E-state index contributed by atoms with van der Waals surface area (Å²) < 4.78 is 10.4. The molecule has 0 atom stereocenters. The number of amides is 1. The van der Waals surface area contributed by atoms with Crippen molar-refractivity contribution in [2.75, 3.05) is 31.6 Å². The van der Waals surface area contributed by atoms with Crippen LogP contribution in [-0.4, -0.2) is 52.2 Å². The van der Waals surface area contributed by atoms with Gasteiger partial charge in [-0.25, -0.2) is 4.98 Å². The zero-order chi connectivity index (χ0) is 17.9. The average Bonchev–Trinajstić information content (AvgIpc) is 3.06. The fourth-order valence-electron chi connectivity index (χ4n) is 2.96. The number of anilines is 2. The van der Waals surface area contributed by atoms with Crippen LogP contribution >= 0.6 is 0 Å². The molecule has 8 heteroatoms. The highest BCUT2D eigenvalue weighted by Gasteiger charge is 2.17. The number of hydrogen-bond acceptors (Lipinski definition) is 7. The largest absolute Gasteiger partial charge is 0.378 e. The van der Waals surface area contributed by atoms with E-state index >= 15 is 0 Å². The smallest absolute Gasteiger partial charge is 0.263 e. The van der Waals surface area contributed by atoms with E-state index in [9.17, 15) is 4.79 Å². The van der Waals surface area contributed by atoms with Crippen LogP contribution < -0.4 is 5.32 Å². The van der Waals surface area contributed by atoms with Crippen LogP contribution in [0, 0.1) is 6.92 Å². The Morgan fingerprint density at radius 1 is 1.19 bits per heavy atom. The number of morpholine rings is 1. The van der Waals surface area contributed by atoms with Gasteiger partial charge in [0.2, 0.25) is 5.91 Å². The summed E-state index contributed by atoms with van der Waals surface area (Å²) in [6, 6.07) is 7.75. The van der Waals surface area contributed by atoms with E-state index in [1.807, 2.05) is 36.1 Å². The quantitative estimate of drug-likeness (QED) is 0.767. The summed E-state index contributed by atoms with van der Waals surface area (Å²) in [6.45, 7) is 4.41. The van der Waals surface area contributed by atoms with Crippen molar-refractivity contribution in [3.8, 4) is 0 Å². The second-order valence-electron chi connectivity index (χ2n) is 6.16. The van der Waals surface area contributed by atoms with E-state index in [0.29, 0.717) is 44.3 Å². The molecular formula is C18H19N5O3. The van der Waals surface area contributed by atoms with Gasteiger partial charge in [0.05, 0.1) is 25.3 Å². The Morgan fingerprint density at radius 3 is 2.73 bits per heavy atom. The minimum absolute atomic E-state index is 0.131. The third kappa shape index (κ3) is 3.36. The lowest BCUT2D eigenvalue weighted by Gasteiger charge is -2.26. The molecule has 1 aliphatic rings. The van der Waals surface area contributed by atoms with Crippen LogP contribution in [0.25, 0.3) is 11.1 Å². The Labute approximate surface area is 150 Å². The molecule has 1 N–H and O–H groups in total. The van der Waals surface area contributed by atoms with Crippen LogP contribution in [0.1, 0.15) is 11.3 Å². The number of fused-ring (bicyclic) bond motifs is 1. The number of aromatic nitrogens is 3. The van der Waals surface area contributed by atoms with E-state index in [2.05, 4.69) is 20.4 Å². The van der Waals surface area contributed by atoms with E-state index in [4.69, 9.17) is 9.26 Å². The Kier molecular flexibility index (Phi) is 4.49. The van der Waals surface area contributed by atoms with Crippen LogP contribution in [0.2, 0.25) is 0 Å². The summed E-state index contributed by atoms with van der Waals surface area (Å²) in [5.74, 6) is 0.775. The predicted molar refractivity (Wildman–Crippen MR) is 95.2 cm³/mol. The average molecular weight is 353 g/mol. The SMILES string of the molecule is Cc1noc2ncnc(Nc3ccc(CC(=O)N4CCOCC4)cc3)c12. The first-order valence-corrected chi connectivity index (χ1v) is 8.49. The number of ether oxygens (including phenoxy) is 1. The van der Waals surface area contributed by atoms with Crippen molar-refractivity contribution >= 4 is 28.5 Å². The summed E-state index contributed by atoms with van der Waals surface area (Å²) in [5.41, 5.74) is 3.03. The third-order valence-electron chi connectivity index (χ3n) is 4.38. The fraction of sp³-hybridized carbons (Fsp3) is 0.333. The number of hydrogen-bond donors (Lipinski definition) is 1. The Balaban J connectivity index is 1.45. The number of nitrogens with zero attached hydrogens (tertiary/aromatic N) is 4. The number of rotatable bonds is 4. The number of carbonyl (C=O) groups excluding carboxylic acids is 1. The maximum atomic E-state index is 12.3. The maximum Gasteiger partial charge on any atom is 0.263 e. The molecule has 0 radical (unpaired) electrons. The van der Waals surface area contributed by atoms with Crippen LogP contribution in [-0.2, 0) is 16.0 Å². The highest BCUT2D eigenvalue weighted by Crippen LogP contribution is 2.25. The monoisotopic (exact) mass is 353 g/mol.